The molecule has 68 valence electrons. The van der Waals surface area contributed by atoms with Gasteiger partial charge in [-0.2, -0.15) is 0 Å². The van der Waals surface area contributed by atoms with Gasteiger partial charge in [-0.25, -0.2) is 0 Å². The maximum absolute atomic E-state index is 9.10. The van der Waals surface area contributed by atoms with Gasteiger partial charge in [-0.15, -0.1) is 12.4 Å². The van der Waals surface area contributed by atoms with E-state index in [1.807, 2.05) is 0 Å². The molecule has 0 radical (unpaired) electrons. The fraction of sp³-hybridized carbons (Fsp3) is 0.143. The number of nitrogen functional groups attached to an aromatic ring is 2. The lowest BCUT2D eigenvalue weighted by atomic mass is 10.2. The number of ether oxygens (including phenoxy) is 1. The van der Waals surface area contributed by atoms with Crippen molar-refractivity contribution in [3.05, 3.63) is 12.1 Å². The van der Waals surface area contributed by atoms with Gasteiger partial charge in [0, 0.05) is 6.07 Å². The third-order valence-corrected chi connectivity index (χ3v) is 1.38. The first-order valence-corrected chi connectivity index (χ1v) is 3.07. The van der Waals surface area contributed by atoms with E-state index in [1.54, 1.807) is 0 Å². The number of phenols is 1. The first-order chi connectivity index (χ1) is 5.15. The summed E-state index contributed by atoms with van der Waals surface area (Å²) in [6, 6.07) is 2.83. The van der Waals surface area contributed by atoms with Crippen molar-refractivity contribution in [1.82, 2.24) is 0 Å². The van der Waals surface area contributed by atoms with Crippen molar-refractivity contribution in [2.75, 3.05) is 18.6 Å². The predicted molar refractivity (Wildman–Crippen MR) is 50.7 cm³/mol. The summed E-state index contributed by atoms with van der Waals surface area (Å²) in [4.78, 5) is 0. The van der Waals surface area contributed by atoms with Gasteiger partial charge in [0.1, 0.15) is 11.5 Å². The van der Waals surface area contributed by atoms with E-state index in [2.05, 4.69) is 0 Å². The molecule has 0 fully saturated rings. The smallest absolute Gasteiger partial charge is 0.145 e. The summed E-state index contributed by atoms with van der Waals surface area (Å²) in [7, 11) is 1.47. The molecule has 0 atom stereocenters. The highest BCUT2D eigenvalue weighted by Gasteiger charge is 2.03. The van der Waals surface area contributed by atoms with Crippen molar-refractivity contribution < 1.29 is 9.84 Å². The Balaban J connectivity index is 0.00000121. The lowest BCUT2D eigenvalue weighted by Gasteiger charge is -2.05. The molecular weight excluding hydrogens is 180 g/mol. The molecule has 0 aliphatic heterocycles. The van der Waals surface area contributed by atoms with Crippen molar-refractivity contribution in [1.29, 1.82) is 0 Å². The summed E-state index contributed by atoms with van der Waals surface area (Å²) < 4.78 is 4.84. The third kappa shape index (κ3) is 1.85. The predicted octanol–water partition coefficient (Wildman–Crippen LogP) is 0.987. The zero-order valence-electron chi connectivity index (χ0n) is 6.57. The fourth-order valence-electron chi connectivity index (χ4n) is 0.780. The molecule has 0 unspecified atom stereocenters. The lowest BCUT2D eigenvalue weighted by Crippen LogP contribution is -1.94. The van der Waals surface area contributed by atoms with E-state index in [0.717, 1.165) is 0 Å². The van der Waals surface area contributed by atoms with Crippen LogP contribution in [-0.2, 0) is 0 Å². The molecular formula is C7H11ClN2O2. The fourth-order valence-corrected chi connectivity index (χ4v) is 0.780. The summed E-state index contributed by atoms with van der Waals surface area (Å²) >= 11 is 0. The number of methoxy groups -OCH3 is 1. The summed E-state index contributed by atoms with van der Waals surface area (Å²) in [5, 5.41) is 9.10. The Morgan fingerprint density at radius 2 is 1.83 bits per heavy atom. The Kier molecular flexibility index (Phi) is 3.50. The maximum atomic E-state index is 9.10. The minimum absolute atomic E-state index is 0. The summed E-state index contributed by atoms with van der Waals surface area (Å²) in [6.07, 6.45) is 0. The lowest BCUT2D eigenvalue weighted by molar-refractivity contribution is 0.410. The number of hydrogen-bond donors (Lipinski definition) is 3. The molecule has 0 heterocycles. The summed E-state index contributed by atoms with van der Waals surface area (Å²) in [5.41, 5.74) is 11.5. The molecule has 1 aromatic rings. The molecule has 5 heteroatoms. The standard InChI is InChI=1S/C7H10N2O2.ClH/c1-11-7-3-6(10)4(8)2-5(7)9;/h2-3,10H,8-9H2,1H3;1H. The second-order valence-electron chi connectivity index (χ2n) is 2.15. The van der Waals surface area contributed by atoms with Gasteiger partial charge in [0.25, 0.3) is 0 Å². The Morgan fingerprint density at radius 3 is 2.33 bits per heavy atom. The van der Waals surface area contributed by atoms with Crippen LogP contribution in [0.15, 0.2) is 12.1 Å². The highest BCUT2D eigenvalue weighted by molar-refractivity contribution is 5.85. The SMILES string of the molecule is COc1cc(O)c(N)cc1N.Cl. The van der Waals surface area contributed by atoms with Gasteiger partial charge in [-0.05, 0) is 6.07 Å². The number of rotatable bonds is 1. The second-order valence-corrected chi connectivity index (χ2v) is 2.15. The van der Waals surface area contributed by atoms with Crippen LogP contribution in [0.25, 0.3) is 0 Å². The number of halogens is 1. The van der Waals surface area contributed by atoms with E-state index in [4.69, 9.17) is 21.3 Å². The number of nitrogens with two attached hydrogens (primary N) is 2. The van der Waals surface area contributed by atoms with Crippen LogP contribution >= 0.6 is 12.4 Å². The number of anilines is 2. The van der Waals surface area contributed by atoms with Gasteiger partial charge in [0.2, 0.25) is 0 Å². The molecule has 4 nitrogen and oxygen atoms in total. The van der Waals surface area contributed by atoms with Crippen LogP contribution in [0.1, 0.15) is 0 Å². The Labute approximate surface area is 76.5 Å². The van der Waals surface area contributed by atoms with Crippen LogP contribution in [0.3, 0.4) is 0 Å². The van der Waals surface area contributed by atoms with Gasteiger partial charge >= 0.3 is 0 Å². The monoisotopic (exact) mass is 190 g/mol. The Bertz CT molecular complexity index is 278. The molecule has 0 aliphatic carbocycles. The van der Waals surface area contributed by atoms with Gasteiger partial charge in [-0.3, -0.25) is 0 Å². The van der Waals surface area contributed by atoms with E-state index in [-0.39, 0.29) is 23.8 Å². The minimum Gasteiger partial charge on any atom is -0.506 e. The van der Waals surface area contributed by atoms with Crippen molar-refractivity contribution >= 4 is 23.8 Å². The number of aromatic hydroxyl groups is 1. The summed E-state index contributed by atoms with van der Waals surface area (Å²) in [5.74, 6) is 0.410. The highest BCUT2D eigenvalue weighted by Crippen LogP contribution is 2.31. The van der Waals surface area contributed by atoms with E-state index < -0.39 is 0 Å². The normalized spacial score (nSPS) is 8.75. The summed E-state index contributed by atoms with van der Waals surface area (Å²) in [6.45, 7) is 0. The quantitative estimate of drug-likeness (QED) is 0.350. The molecule has 0 spiro atoms. The largest absolute Gasteiger partial charge is 0.506 e. The third-order valence-electron chi connectivity index (χ3n) is 1.38. The maximum Gasteiger partial charge on any atom is 0.145 e. The molecule has 0 aromatic heterocycles. The zero-order chi connectivity index (χ0) is 8.43. The van der Waals surface area contributed by atoms with Crippen molar-refractivity contribution in [3.63, 3.8) is 0 Å². The van der Waals surface area contributed by atoms with Crippen LogP contribution in [0.2, 0.25) is 0 Å². The Hall–Kier alpha value is -1.29. The van der Waals surface area contributed by atoms with Crippen LogP contribution in [0.5, 0.6) is 11.5 Å². The molecule has 0 bridgehead atoms. The number of benzene rings is 1. The molecule has 0 saturated heterocycles. The topological polar surface area (TPSA) is 81.5 Å². The first-order valence-electron chi connectivity index (χ1n) is 3.07. The van der Waals surface area contributed by atoms with Crippen LogP contribution in [0, 0.1) is 0 Å². The van der Waals surface area contributed by atoms with Gasteiger partial charge < -0.3 is 21.3 Å². The van der Waals surface area contributed by atoms with Gasteiger partial charge in [0.05, 0.1) is 18.5 Å². The van der Waals surface area contributed by atoms with Crippen LogP contribution < -0.4 is 16.2 Å². The molecule has 1 rings (SSSR count). The molecule has 1 aromatic carbocycles. The molecule has 5 N–H and O–H groups in total. The van der Waals surface area contributed by atoms with E-state index in [9.17, 15) is 0 Å². The van der Waals surface area contributed by atoms with E-state index in [1.165, 1.54) is 19.2 Å². The van der Waals surface area contributed by atoms with Crippen molar-refractivity contribution in [2.45, 2.75) is 0 Å². The van der Waals surface area contributed by atoms with Gasteiger partial charge in [-0.1, -0.05) is 0 Å². The van der Waals surface area contributed by atoms with Crippen LogP contribution in [-0.4, -0.2) is 12.2 Å². The van der Waals surface area contributed by atoms with Crippen molar-refractivity contribution in [2.24, 2.45) is 0 Å². The average Bonchev–Trinajstić information content (AvgIpc) is 1.97. The molecule has 0 aliphatic rings. The van der Waals surface area contributed by atoms with Crippen molar-refractivity contribution in [3.8, 4) is 11.5 Å². The van der Waals surface area contributed by atoms with E-state index in [0.29, 0.717) is 11.4 Å². The molecule has 0 saturated carbocycles. The highest BCUT2D eigenvalue weighted by atomic mass is 35.5. The molecule has 12 heavy (non-hydrogen) atoms. The first kappa shape index (κ1) is 10.7. The van der Waals surface area contributed by atoms with Crippen LogP contribution in [0.4, 0.5) is 11.4 Å². The molecule has 0 amide bonds. The minimum atomic E-state index is -0.0175. The zero-order valence-corrected chi connectivity index (χ0v) is 7.39. The number of hydrogen-bond acceptors (Lipinski definition) is 4. The second kappa shape index (κ2) is 3.92. The Morgan fingerprint density at radius 1 is 1.25 bits per heavy atom. The van der Waals surface area contributed by atoms with Gasteiger partial charge in [0.15, 0.2) is 0 Å². The average molecular weight is 191 g/mol. The number of phenolic OH excluding ortho intramolecular Hbond substituents is 1. The van der Waals surface area contributed by atoms with E-state index >= 15 is 0 Å².